The predicted octanol–water partition coefficient (Wildman–Crippen LogP) is 4.15. The molecule has 2 bridgehead atoms. The van der Waals surface area contributed by atoms with Crippen molar-refractivity contribution in [1.82, 2.24) is 5.32 Å². The first-order valence-electron chi connectivity index (χ1n) is 9.97. The third kappa shape index (κ3) is 4.28. The van der Waals surface area contributed by atoms with Crippen LogP contribution in [0.3, 0.4) is 0 Å². The molecule has 3 atom stereocenters. The Hall–Kier alpha value is -2.05. The topological polar surface area (TPSA) is 66.5 Å². The summed E-state index contributed by atoms with van der Waals surface area (Å²) in [7, 11) is -3.89. The summed E-state index contributed by atoms with van der Waals surface area (Å²) < 4.78 is 27.8. The lowest BCUT2D eigenvalue weighted by molar-refractivity contribution is -0.120. The van der Waals surface area contributed by atoms with Gasteiger partial charge in [-0.1, -0.05) is 35.7 Å². The zero-order valence-corrected chi connectivity index (χ0v) is 17.9. The number of aryl methyl sites for hydroxylation is 1. The summed E-state index contributed by atoms with van der Waals surface area (Å²) in [5.74, 6) is 0.962. The first-order chi connectivity index (χ1) is 13.8. The van der Waals surface area contributed by atoms with Gasteiger partial charge in [-0.3, -0.25) is 9.10 Å². The van der Waals surface area contributed by atoms with E-state index in [1.54, 1.807) is 48.5 Å². The first-order valence-corrected chi connectivity index (χ1v) is 11.8. The Balaban J connectivity index is 1.59. The molecule has 7 heteroatoms. The Labute approximate surface area is 177 Å². The van der Waals surface area contributed by atoms with Crippen LogP contribution in [0.4, 0.5) is 5.69 Å². The maximum absolute atomic E-state index is 13.3. The average molecular weight is 433 g/mol. The van der Waals surface area contributed by atoms with E-state index < -0.39 is 10.0 Å². The van der Waals surface area contributed by atoms with E-state index >= 15 is 0 Å². The molecule has 1 amide bonds. The number of hydrogen-bond donors (Lipinski definition) is 1. The smallest absolute Gasteiger partial charge is 0.264 e. The van der Waals surface area contributed by atoms with E-state index in [0.717, 1.165) is 22.7 Å². The van der Waals surface area contributed by atoms with Gasteiger partial charge in [-0.05, 0) is 74.4 Å². The lowest BCUT2D eigenvalue weighted by Crippen LogP contribution is -2.45. The highest BCUT2D eigenvalue weighted by molar-refractivity contribution is 7.92. The summed E-state index contributed by atoms with van der Waals surface area (Å²) in [4.78, 5) is 13.0. The Bertz CT molecular complexity index is 990. The molecule has 2 aromatic rings. The molecule has 154 valence electrons. The van der Waals surface area contributed by atoms with Crippen molar-refractivity contribution in [2.24, 2.45) is 11.8 Å². The third-order valence-electron chi connectivity index (χ3n) is 6.10. The molecule has 0 heterocycles. The molecule has 2 aliphatic rings. The molecular weight excluding hydrogens is 408 g/mol. The summed E-state index contributed by atoms with van der Waals surface area (Å²) in [6.07, 6.45) is 4.57. The molecular formula is C22H25ClN2O3S. The molecule has 5 nitrogen and oxygen atoms in total. The van der Waals surface area contributed by atoms with Crippen LogP contribution in [-0.4, -0.2) is 26.9 Å². The van der Waals surface area contributed by atoms with Crippen LogP contribution in [0.2, 0.25) is 5.02 Å². The van der Waals surface area contributed by atoms with Crippen molar-refractivity contribution in [3.05, 3.63) is 59.1 Å². The van der Waals surface area contributed by atoms with Crippen molar-refractivity contribution in [1.29, 1.82) is 0 Å². The first kappa shape index (κ1) is 20.2. The molecule has 1 N–H and O–H groups in total. The molecule has 0 radical (unpaired) electrons. The maximum atomic E-state index is 13.3. The average Bonchev–Trinajstić information content (AvgIpc) is 3.30. The fourth-order valence-electron chi connectivity index (χ4n) is 4.56. The van der Waals surface area contributed by atoms with Crippen molar-refractivity contribution in [3.8, 4) is 0 Å². The van der Waals surface area contributed by atoms with Gasteiger partial charge in [0, 0.05) is 11.1 Å². The van der Waals surface area contributed by atoms with Gasteiger partial charge in [-0.25, -0.2) is 8.42 Å². The Morgan fingerprint density at radius 2 is 1.76 bits per heavy atom. The van der Waals surface area contributed by atoms with Crippen LogP contribution < -0.4 is 9.62 Å². The van der Waals surface area contributed by atoms with Crippen LogP contribution in [0.25, 0.3) is 0 Å². The summed E-state index contributed by atoms with van der Waals surface area (Å²) in [6.45, 7) is 1.64. The minimum atomic E-state index is -3.89. The number of carbonyl (C=O) groups is 1. The molecule has 0 unspecified atom stereocenters. The maximum Gasteiger partial charge on any atom is 0.264 e. The van der Waals surface area contributed by atoms with E-state index in [4.69, 9.17) is 11.6 Å². The normalized spacial score (nSPS) is 23.2. The quantitative estimate of drug-likeness (QED) is 0.745. The van der Waals surface area contributed by atoms with Crippen LogP contribution >= 0.6 is 11.6 Å². The molecule has 0 aromatic heterocycles. The molecule has 4 rings (SSSR count). The van der Waals surface area contributed by atoms with Gasteiger partial charge in [0.15, 0.2) is 0 Å². The van der Waals surface area contributed by atoms with E-state index in [1.165, 1.54) is 12.8 Å². The van der Waals surface area contributed by atoms with Crippen LogP contribution in [0, 0.1) is 18.8 Å². The van der Waals surface area contributed by atoms with E-state index in [-0.39, 0.29) is 23.4 Å². The zero-order valence-electron chi connectivity index (χ0n) is 16.3. The highest BCUT2D eigenvalue weighted by Gasteiger charge is 2.40. The Kier molecular flexibility index (Phi) is 5.58. The SMILES string of the molecule is Cc1ccc(S(=O)(=O)N(CC(=O)N[C@H]2C[C@@H]3CC[C@H]2C3)c2ccc(Cl)cc2)cc1. The number of nitrogens with zero attached hydrogens (tertiary/aromatic N) is 1. The van der Waals surface area contributed by atoms with Crippen molar-refractivity contribution in [2.75, 3.05) is 10.8 Å². The van der Waals surface area contributed by atoms with Gasteiger partial charge in [-0.15, -0.1) is 0 Å². The van der Waals surface area contributed by atoms with Crippen molar-refractivity contribution in [2.45, 2.75) is 43.5 Å². The van der Waals surface area contributed by atoms with Crippen molar-refractivity contribution in [3.63, 3.8) is 0 Å². The Morgan fingerprint density at radius 3 is 2.34 bits per heavy atom. The number of fused-ring (bicyclic) bond motifs is 2. The van der Waals surface area contributed by atoms with Gasteiger partial charge in [0.25, 0.3) is 10.0 Å². The Morgan fingerprint density at radius 1 is 1.07 bits per heavy atom. The number of rotatable bonds is 6. The van der Waals surface area contributed by atoms with Crippen LogP contribution in [0.15, 0.2) is 53.4 Å². The molecule has 2 saturated carbocycles. The summed E-state index contributed by atoms with van der Waals surface area (Å²) >= 11 is 5.97. The minimum Gasteiger partial charge on any atom is -0.352 e. The second-order valence-electron chi connectivity index (χ2n) is 8.15. The molecule has 0 saturated heterocycles. The number of amides is 1. The standard InChI is InChI=1S/C22H25ClN2O3S/c1-15-2-10-20(11-3-15)29(27,28)25(19-8-6-18(23)7-9-19)14-22(26)24-21-13-16-4-5-17(21)12-16/h2-3,6-11,16-17,21H,4-5,12-14H2,1H3,(H,24,26)/t16-,17+,21+/m1/s1. The van der Waals surface area contributed by atoms with Gasteiger partial charge < -0.3 is 5.32 Å². The van der Waals surface area contributed by atoms with Gasteiger partial charge in [0.2, 0.25) is 5.91 Å². The zero-order chi connectivity index (χ0) is 20.6. The molecule has 29 heavy (non-hydrogen) atoms. The number of benzene rings is 2. The highest BCUT2D eigenvalue weighted by atomic mass is 35.5. The fraction of sp³-hybridized carbons (Fsp3) is 0.409. The summed E-state index contributed by atoms with van der Waals surface area (Å²) in [6, 6.07) is 13.3. The number of halogens is 1. The molecule has 0 aliphatic heterocycles. The monoisotopic (exact) mass is 432 g/mol. The highest BCUT2D eigenvalue weighted by Crippen LogP contribution is 2.44. The second kappa shape index (κ2) is 8.00. The fourth-order valence-corrected chi connectivity index (χ4v) is 6.11. The molecule has 2 fully saturated rings. The van der Waals surface area contributed by atoms with Crippen LogP contribution in [0.5, 0.6) is 0 Å². The number of sulfonamides is 1. The van der Waals surface area contributed by atoms with Gasteiger partial charge in [0.1, 0.15) is 6.54 Å². The van der Waals surface area contributed by atoms with Crippen LogP contribution in [0.1, 0.15) is 31.2 Å². The van der Waals surface area contributed by atoms with Crippen molar-refractivity contribution >= 4 is 33.2 Å². The largest absolute Gasteiger partial charge is 0.352 e. The van der Waals surface area contributed by atoms with Gasteiger partial charge >= 0.3 is 0 Å². The van der Waals surface area contributed by atoms with Gasteiger partial charge in [0.05, 0.1) is 10.6 Å². The second-order valence-corrected chi connectivity index (χ2v) is 10.4. The molecule has 0 spiro atoms. The van der Waals surface area contributed by atoms with Crippen molar-refractivity contribution < 1.29 is 13.2 Å². The van der Waals surface area contributed by atoms with Gasteiger partial charge in [-0.2, -0.15) is 0 Å². The predicted molar refractivity (Wildman–Crippen MR) is 115 cm³/mol. The van der Waals surface area contributed by atoms with Crippen LogP contribution in [-0.2, 0) is 14.8 Å². The number of anilines is 1. The van der Waals surface area contributed by atoms with E-state index in [9.17, 15) is 13.2 Å². The molecule has 2 aliphatic carbocycles. The molecule has 2 aromatic carbocycles. The van der Waals surface area contributed by atoms with E-state index in [2.05, 4.69) is 5.32 Å². The van der Waals surface area contributed by atoms with E-state index in [0.29, 0.717) is 22.5 Å². The summed E-state index contributed by atoms with van der Waals surface area (Å²) in [5, 5.41) is 3.59. The third-order valence-corrected chi connectivity index (χ3v) is 8.14. The van der Waals surface area contributed by atoms with E-state index in [1.807, 2.05) is 6.92 Å². The number of hydrogen-bond acceptors (Lipinski definition) is 3. The summed E-state index contributed by atoms with van der Waals surface area (Å²) in [5.41, 5.74) is 1.38. The number of carbonyl (C=O) groups excluding carboxylic acids is 1. The lowest BCUT2D eigenvalue weighted by Gasteiger charge is -2.27. The minimum absolute atomic E-state index is 0.158. The lowest BCUT2D eigenvalue weighted by atomic mass is 9.95. The number of nitrogens with one attached hydrogen (secondary N) is 1.